The summed E-state index contributed by atoms with van der Waals surface area (Å²) in [5, 5.41) is 5.18. The number of hydrogen-bond donors (Lipinski definition) is 1. The highest BCUT2D eigenvalue weighted by Crippen LogP contribution is 2.26. The van der Waals surface area contributed by atoms with Crippen molar-refractivity contribution >= 4 is 22.6 Å². The molecule has 1 aromatic heterocycles. The van der Waals surface area contributed by atoms with Crippen LogP contribution in [0.2, 0.25) is 5.02 Å². The summed E-state index contributed by atoms with van der Waals surface area (Å²) in [6, 6.07) is 15.1. The Morgan fingerprint density at radius 2 is 1.85 bits per heavy atom. The molecule has 5 heteroatoms. The Labute approximate surface area is 157 Å². The Balaban J connectivity index is 1.89. The van der Waals surface area contributed by atoms with E-state index in [1.807, 2.05) is 36.4 Å². The van der Waals surface area contributed by atoms with E-state index in [4.69, 9.17) is 20.8 Å². The van der Waals surface area contributed by atoms with Gasteiger partial charge in [-0.1, -0.05) is 37.6 Å². The van der Waals surface area contributed by atoms with Gasteiger partial charge in [-0.3, -0.25) is 0 Å². The van der Waals surface area contributed by atoms with E-state index in [0.29, 0.717) is 23.8 Å². The third-order valence-electron chi connectivity index (χ3n) is 4.45. The van der Waals surface area contributed by atoms with Crippen molar-refractivity contribution in [3.05, 3.63) is 75.1 Å². The molecule has 0 amide bonds. The van der Waals surface area contributed by atoms with Gasteiger partial charge in [-0.2, -0.15) is 0 Å². The molecule has 3 rings (SSSR count). The number of hydrogen-bond acceptors (Lipinski definition) is 4. The maximum Gasteiger partial charge on any atom is 0.336 e. The Morgan fingerprint density at radius 3 is 2.50 bits per heavy atom. The van der Waals surface area contributed by atoms with Crippen LogP contribution in [0, 0.1) is 5.92 Å². The van der Waals surface area contributed by atoms with Gasteiger partial charge < -0.3 is 14.5 Å². The number of nitrogens with one attached hydrogen (secondary N) is 1. The van der Waals surface area contributed by atoms with Crippen LogP contribution in [0.15, 0.2) is 57.7 Å². The fourth-order valence-corrected chi connectivity index (χ4v) is 3.24. The van der Waals surface area contributed by atoms with Crippen LogP contribution in [0.3, 0.4) is 0 Å². The molecule has 1 N–H and O–H groups in total. The lowest BCUT2D eigenvalue weighted by Gasteiger charge is -2.23. The van der Waals surface area contributed by atoms with Crippen LogP contribution < -0.4 is 15.7 Å². The highest BCUT2D eigenvalue weighted by Gasteiger charge is 2.16. The summed E-state index contributed by atoms with van der Waals surface area (Å²) >= 11 is 6.00. The van der Waals surface area contributed by atoms with Gasteiger partial charge in [-0.05, 0) is 41.3 Å². The monoisotopic (exact) mass is 371 g/mol. The number of ether oxygens (including phenoxy) is 1. The quantitative estimate of drug-likeness (QED) is 0.623. The third-order valence-corrected chi connectivity index (χ3v) is 4.70. The van der Waals surface area contributed by atoms with Crippen LogP contribution in [0.25, 0.3) is 11.0 Å². The van der Waals surface area contributed by atoms with Gasteiger partial charge in [0, 0.05) is 35.1 Å². The Morgan fingerprint density at radius 1 is 1.12 bits per heavy atom. The van der Waals surface area contributed by atoms with Gasteiger partial charge in [0.2, 0.25) is 0 Å². The van der Waals surface area contributed by atoms with E-state index in [0.717, 1.165) is 16.0 Å². The van der Waals surface area contributed by atoms with Crippen molar-refractivity contribution in [1.82, 2.24) is 5.32 Å². The molecule has 0 saturated carbocycles. The molecule has 0 aliphatic carbocycles. The topological polar surface area (TPSA) is 51.5 Å². The van der Waals surface area contributed by atoms with E-state index < -0.39 is 0 Å². The van der Waals surface area contributed by atoms with Gasteiger partial charge in [0.05, 0.1) is 7.11 Å². The van der Waals surface area contributed by atoms with Gasteiger partial charge >= 0.3 is 5.63 Å². The average Bonchev–Trinajstić information content (AvgIpc) is 2.62. The molecule has 1 unspecified atom stereocenters. The Kier molecular flexibility index (Phi) is 5.64. The molecule has 136 valence electrons. The van der Waals surface area contributed by atoms with Crippen LogP contribution in [0.1, 0.15) is 31.0 Å². The van der Waals surface area contributed by atoms with Crippen molar-refractivity contribution in [2.45, 2.75) is 26.4 Å². The summed E-state index contributed by atoms with van der Waals surface area (Å²) in [7, 11) is 1.59. The van der Waals surface area contributed by atoms with Gasteiger partial charge in [-0.25, -0.2) is 4.79 Å². The summed E-state index contributed by atoms with van der Waals surface area (Å²) in [4.78, 5) is 11.9. The molecule has 3 aromatic rings. The Hall–Kier alpha value is -2.30. The molecule has 1 heterocycles. The molecule has 2 aromatic carbocycles. The van der Waals surface area contributed by atoms with E-state index in [1.165, 1.54) is 5.56 Å². The van der Waals surface area contributed by atoms with Crippen molar-refractivity contribution in [2.75, 3.05) is 7.11 Å². The highest BCUT2D eigenvalue weighted by molar-refractivity contribution is 6.30. The molecule has 0 aliphatic heterocycles. The largest absolute Gasteiger partial charge is 0.497 e. The molecule has 0 aliphatic rings. The number of rotatable bonds is 6. The summed E-state index contributed by atoms with van der Waals surface area (Å²) in [5.74, 6) is 1.04. The molecule has 4 nitrogen and oxygen atoms in total. The number of benzene rings is 2. The third kappa shape index (κ3) is 4.09. The van der Waals surface area contributed by atoms with Crippen molar-refractivity contribution < 1.29 is 9.15 Å². The van der Waals surface area contributed by atoms with Crippen molar-refractivity contribution in [3.63, 3.8) is 0 Å². The second-order valence-electron chi connectivity index (χ2n) is 6.61. The summed E-state index contributed by atoms with van der Waals surface area (Å²) in [6.07, 6.45) is 0. The van der Waals surface area contributed by atoms with Gasteiger partial charge in [0.1, 0.15) is 11.3 Å². The first-order valence-corrected chi connectivity index (χ1v) is 8.95. The predicted molar refractivity (Wildman–Crippen MR) is 105 cm³/mol. The van der Waals surface area contributed by atoms with E-state index in [9.17, 15) is 4.79 Å². The second kappa shape index (κ2) is 7.94. The normalized spacial score (nSPS) is 12.5. The maximum atomic E-state index is 11.9. The van der Waals surface area contributed by atoms with Crippen LogP contribution in [-0.4, -0.2) is 7.11 Å². The first-order chi connectivity index (χ1) is 12.5. The predicted octanol–water partition coefficient (Wildman–Crippen LogP) is 4.94. The zero-order valence-electron chi connectivity index (χ0n) is 15.1. The summed E-state index contributed by atoms with van der Waals surface area (Å²) in [6.45, 7) is 4.88. The molecule has 26 heavy (non-hydrogen) atoms. The molecule has 1 atom stereocenters. The summed E-state index contributed by atoms with van der Waals surface area (Å²) < 4.78 is 10.5. The average molecular weight is 372 g/mol. The Bertz CT molecular complexity index is 948. The zero-order chi connectivity index (χ0) is 18.7. The lowest BCUT2D eigenvalue weighted by Crippen LogP contribution is -2.25. The lowest BCUT2D eigenvalue weighted by atomic mass is 9.95. The summed E-state index contributed by atoms with van der Waals surface area (Å²) in [5.41, 5.74) is 2.23. The van der Waals surface area contributed by atoms with Crippen LogP contribution in [-0.2, 0) is 6.54 Å². The SMILES string of the molecule is COc1ccc2c(CNC(c3ccc(Cl)cc3)C(C)C)cc(=O)oc2c1. The van der Waals surface area contributed by atoms with E-state index >= 15 is 0 Å². The fraction of sp³-hybridized carbons (Fsp3) is 0.286. The molecule has 0 saturated heterocycles. The van der Waals surface area contributed by atoms with Crippen molar-refractivity contribution in [1.29, 1.82) is 0 Å². The van der Waals surface area contributed by atoms with Crippen molar-refractivity contribution in [2.24, 2.45) is 5.92 Å². The standard InChI is InChI=1S/C21H22ClNO3/c1-13(2)21(14-4-6-16(22)7-5-14)23-12-15-10-20(24)26-19-11-17(25-3)8-9-18(15)19/h4-11,13,21,23H,12H2,1-3H3. The minimum atomic E-state index is -0.366. The second-order valence-corrected chi connectivity index (χ2v) is 7.04. The molecular weight excluding hydrogens is 350 g/mol. The number of halogens is 1. The molecule has 0 radical (unpaired) electrons. The minimum Gasteiger partial charge on any atom is -0.497 e. The van der Waals surface area contributed by atoms with Crippen LogP contribution in [0.4, 0.5) is 0 Å². The van der Waals surface area contributed by atoms with Crippen LogP contribution in [0.5, 0.6) is 5.75 Å². The fourth-order valence-electron chi connectivity index (χ4n) is 3.11. The van der Waals surface area contributed by atoms with E-state index in [1.54, 1.807) is 19.2 Å². The molecule has 0 bridgehead atoms. The maximum absolute atomic E-state index is 11.9. The minimum absolute atomic E-state index is 0.146. The van der Waals surface area contributed by atoms with Gasteiger partial charge in [0.15, 0.2) is 0 Å². The smallest absolute Gasteiger partial charge is 0.336 e. The van der Waals surface area contributed by atoms with Gasteiger partial charge in [0.25, 0.3) is 0 Å². The molecular formula is C21H22ClNO3. The first kappa shape index (κ1) is 18.5. The number of methoxy groups -OCH3 is 1. The molecule has 0 spiro atoms. The number of fused-ring (bicyclic) bond motifs is 1. The highest BCUT2D eigenvalue weighted by atomic mass is 35.5. The first-order valence-electron chi connectivity index (χ1n) is 8.57. The van der Waals surface area contributed by atoms with E-state index in [2.05, 4.69) is 19.2 Å². The van der Waals surface area contributed by atoms with Gasteiger partial charge in [-0.15, -0.1) is 0 Å². The zero-order valence-corrected chi connectivity index (χ0v) is 15.8. The van der Waals surface area contributed by atoms with Crippen molar-refractivity contribution in [3.8, 4) is 5.75 Å². The van der Waals surface area contributed by atoms with Crippen LogP contribution >= 0.6 is 11.6 Å². The van der Waals surface area contributed by atoms with E-state index in [-0.39, 0.29) is 11.7 Å². The lowest BCUT2D eigenvalue weighted by molar-refractivity contribution is 0.409. The molecule has 0 fully saturated rings.